The van der Waals surface area contributed by atoms with Crippen LogP contribution in [0.2, 0.25) is 0 Å². The molecule has 0 saturated heterocycles. The van der Waals surface area contributed by atoms with Crippen LogP contribution in [0.1, 0.15) is 239 Å². The molecule has 72 heavy (non-hydrogen) atoms. The van der Waals surface area contributed by atoms with Gasteiger partial charge in [-0.25, -0.2) is 4.57 Å². The average molecular weight is 1030 g/mol. The van der Waals surface area contributed by atoms with Crippen LogP contribution in [-0.4, -0.2) is 66.5 Å². The van der Waals surface area contributed by atoms with Gasteiger partial charge in [-0.1, -0.05) is 228 Å². The fourth-order valence-electron chi connectivity index (χ4n) is 7.52. The van der Waals surface area contributed by atoms with Gasteiger partial charge in [0.25, 0.3) is 0 Å². The number of hydrogen-bond acceptors (Lipinski definition) is 10. The molecule has 0 aliphatic carbocycles. The van der Waals surface area contributed by atoms with Gasteiger partial charge in [0.05, 0.1) is 26.2 Å². The average Bonchev–Trinajstić information content (AvgIpc) is 3.37. The minimum absolute atomic E-state index is 0.0664. The first-order chi connectivity index (χ1) is 35.2. The molecular formula is C60H103O11P. The van der Waals surface area contributed by atoms with Gasteiger partial charge >= 0.3 is 25.7 Å². The number of carbonyl (C=O) groups is 3. The normalized spacial score (nSPS) is 14.0. The molecule has 0 saturated carbocycles. The van der Waals surface area contributed by atoms with E-state index in [4.69, 9.17) is 23.3 Å². The van der Waals surface area contributed by atoms with Gasteiger partial charge in [-0.3, -0.25) is 23.4 Å². The van der Waals surface area contributed by atoms with Crippen molar-refractivity contribution >= 4 is 25.7 Å². The Morgan fingerprint density at radius 1 is 0.417 bits per heavy atom. The number of phosphoric acid groups is 1. The zero-order valence-electron chi connectivity index (χ0n) is 45.6. The third-order valence-electron chi connectivity index (χ3n) is 11.8. The number of ether oxygens (including phenoxy) is 3. The monoisotopic (exact) mass is 1030 g/mol. The summed E-state index contributed by atoms with van der Waals surface area (Å²) in [4.78, 5) is 48.4. The number of carbonyl (C=O) groups excluding carboxylic acids is 3. The van der Waals surface area contributed by atoms with Gasteiger partial charge in [0.2, 0.25) is 0 Å². The van der Waals surface area contributed by atoms with Crippen LogP contribution in [0.3, 0.4) is 0 Å². The third kappa shape index (κ3) is 51.6. The summed E-state index contributed by atoms with van der Waals surface area (Å²) in [5.74, 6) is -1.63. The summed E-state index contributed by atoms with van der Waals surface area (Å²) in [6, 6.07) is 0. The van der Waals surface area contributed by atoms with Crippen LogP contribution in [0.25, 0.3) is 0 Å². The van der Waals surface area contributed by atoms with Crippen LogP contribution in [0, 0.1) is 0 Å². The zero-order chi connectivity index (χ0) is 52.7. The second-order valence-corrected chi connectivity index (χ2v) is 20.2. The second kappa shape index (κ2) is 53.9. The molecule has 0 aromatic carbocycles. The number of rotatable bonds is 52. The summed E-state index contributed by atoms with van der Waals surface area (Å²) < 4.78 is 39.3. The van der Waals surface area contributed by atoms with E-state index in [1.54, 1.807) is 6.08 Å². The van der Waals surface area contributed by atoms with Gasteiger partial charge in [0, 0.05) is 12.8 Å². The van der Waals surface area contributed by atoms with E-state index in [1.165, 1.54) is 89.9 Å². The Balaban J connectivity index is 4.83. The number of phosphoric ester groups is 1. The Morgan fingerprint density at radius 3 is 1.25 bits per heavy atom. The zero-order valence-corrected chi connectivity index (χ0v) is 46.5. The van der Waals surface area contributed by atoms with E-state index in [9.17, 15) is 28.9 Å². The van der Waals surface area contributed by atoms with Gasteiger partial charge in [-0.15, -0.1) is 0 Å². The Hall–Kier alpha value is -3.34. The van der Waals surface area contributed by atoms with Crippen molar-refractivity contribution in [2.45, 2.75) is 251 Å². The SMILES string of the molecule is CC/C=C\C/C=C\C/C=C\C/C=C\C/C=C\CC(=O)OC(COC(=O)CCCCCCCCCCCCCCCCC)COP(=O)(O)OCC(CO)OC(=O)CCCCCCC/C=C\C/C=C\CCCCC. The van der Waals surface area contributed by atoms with E-state index in [2.05, 4.69) is 87.6 Å². The highest BCUT2D eigenvalue weighted by atomic mass is 31.2. The van der Waals surface area contributed by atoms with E-state index < -0.39 is 57.8 Å². The van der Waals surface area contributed by atoms with Crippen LogP contribution in [-0.2, 0) is 42.2 Å². The minimum atomic E-state index is -4.78. The van der Waals surface area contributed by atoms with Crippen molar-refractivity contribution in [1.29, 1.82) is 0 Å². The van der Waals surface area contributed by atoms with E-state index in [-0.39, 0.29) is 25.9 Å². The molecule has 0 heterocycles. The largest absolute Gasteiger partial charge is 0.472 e. The predicted octanol–water partition coefficient (Wildman–Crippen LogP) is 16.7. The van der Waals surface area contributed by atoms with Crippen molar-refractivity contribution < 1.29 is 52.2 Å². The van der Waals surface area contributed by atoms with E-state index in [0.29, 0.717) is 19.3 Å². The van der Waals surface area contributed by atoms with Gasteiger partial charge in [0.1, 0.15) is 12.7 Å². The lowest BCUT2D eigenvalue weighted by Gasteiger charge is -2.21. The fourth-order valence-corrected chi connectivity index (χ4v) is 8.30. The Bertz CT molecular complexity index is 1530. The van der Waals surface area contributed by atoms with Crippen molar-refractivity contribution in [3.8, 4) is 0 Å². The van der Waals surface area contributed by atoms with Crippen molar-refractivity contribution in [3.05, 3.63) is 85.1 Å². The smallest absolute Gasteiger partial charge is 0.462 e. The molecule has 0 amide bonds. The van der Waals surface area contributed by atoms with Crippen molar-refractivity contribution in [2.24, 2.45) is 0 Å². The summed E-state index contributed by atoms with van der Waals surface area (Å²) in [7, 11) is -4.78. The maximum atomic E-state index is 12.9. The third-order valence-corrected chi connectivity index (χ3v) is 12.8. The van der Waals surface area contributed by atoms with Gasteiger partial charge in [-0.2, -0.15) is 0 Å². The maximum absolute atomic E-state index is 12.9. The first-order valence-electron chi connectivity index (χ1n) is 28.5. The molecule has 11 nitrogen and oxygen atoms in total. The fraction of sp³-hybridized carbons (Fsp3) is 0.717. The summed E-state index contributed by atoms with van der Waals surface area (Å²) >= 11 is 0. The Kier molecular flexibility index (Phi) is 51.4. The first-order valence-corrected chi connectivity index (χ1v) is 30.0. The van der Waals surface area contributed by atoms with Crippen molar-refractivity contribution in [3.63, 3.8) is 0 Å². The van der Waals surface area contributed by atoms with Gasteiger partial charge < -0.3 is 24.2 Å². The molecule has 0 fully saturated rings. The van der Waals surface area contributed by atoms with Crippen molar-refractivity contribution in [2.75, 3.05) is 26.4 Å². The highest BCUT2D eigenvalue weighted by molar-refractivity contribution is 7.47. The van der Waals surface area contributed by atoms with Crippen LogP contribution < -0.4 is 0 Å². The quantitative estimate of drug-likeness (QED) is 0.0197. The van der Waals surface area contributed by atoms with Crippen LogP contribution in [0.4, 0.5) is 0 Å². The molecule has 3 unspecified atom stereocenters. The molecule has 0 aromatic heterocycles. The molecule has 3 atom stereocenters. The molecule has 0 bridgehead atoms. The molecule has 0 spiro atoms. The molecule has 2 N–H and O–H groups in total. The lowest BCUT2D eigenvalue weighted by molar-refractivity contribution is -0.160. The summed E-state index contributed by atoms with van der Waals surface area (Å²) in [5.41, 5.74) is 0. The summed E-state index contributed by atoms with van der Waals surface area (Å²) in [6.45, 7) is 4.39. The second-order valence-electron chi connectivity index (χ2n) is 18.7. The Morgan fingerprint density at radius 2 is 0.778 bits per heavy atom. The standard InChI is InChI=1S/C60H103O11P/c1-4-7-10-13-16-19-22-25-28-31-34-37-40-43-46-49-58(62)67-53-57(71-60(64)51-48-45-42-39-36-33-30-27-24-21-18-15-12-9-6-3)55-69-72(65,66)68-54-56(52-61)70-59(63)50-47-44-41-38-35-32-29-26-23-20-17-14-11-8-5-2/h9,12,17-18,20-21,26-27,29-30,36,39,45,48,56-57,61H,4-8,10-11,13-16,19,22-25,28,31-35,37-38,40-44,46-47,49-55H2,1-3H3,(H,65,66)/b12-9-,20-17-,21-18-,29-26-,30-27-,39-36-,48-45-. The summed E-state index contributed by atoms with van der Waals surface area (Å²) in [6.07, 6.45) is 61.4. The Labute approximate surface area is 439 Å². The molecule has 12 heteroatoms. The predicted molar refractivity (Wildman–Crippen MR) is 298 cm³/mol. The van der Waals surface area contributed by atoms with E-state index >= 15 is 0 Å². The topological polar surface area (TPSA) is 155 Å². The molecular weight excluding hydrogens is 928 g/mol. The lowest BCUT2D eigenvalue weighted by atomic mass is 10.0. The number of hydrogen-bond donors (Lipinski definition) is 2. The van der Waals surface area contributed by atoms with Gasteiger partial charge in [-0.05, 0) is 77.0 Å². The highest BCUT2D eigenvalue weighted by Gasteiger charge is 2.28. The molecule has 0 rings (SSSR count). The number of allylic oxidation sites excluding steroid dienone is 13. The number of aliphatic hydroxyl groups is 1. The molecule has 0 aliphatic rings. The minimum Gasteiger partial charge on any atom is -0.462 e. The molecule has 414 valence electrons. The molecule has 0 aliphatic heterocycles. The summed E-state index contributed by atoms with van der Waals surface area (Å²) in [5, 5.41) is 9.80. The number of esters is 3. The van der Waals surface area contributed by atoms with E-state index in [0.717, 1.165) is 89.9 Å². The molecule has 0 radical (unpaired) electrons. The lowest BCUT2D eigenvalue weighted by Crippen LogP contribution is -2.30. The molecule has 0 aromatic rings. The van der Waals surface area contributed by atoms with Crippen LogP contribution >= 0.6 is 7.82 Å². The number of aliphatic hydroxyl groups excluding tert-OH is 1. The first kappa shape index (κ1) is 68.7. The number of unbranched alkanes of at least 4 members (excludes halogenated alkanes) is 22. The van der Waals surface area contributed by atoms with Gasteiger partial charge in [0.15, 0.2) is 6.10 Å². The highest BCUT2D eigenvalue weighted by Crippen LogP contribution is 2.43. The van der Waals surface area contributed by atoms with Crippen molar-refractivity contribution in [1.82, 2.24) is 0 Å². The van der Waals surface area contributed by atoms with Crippen LogP contribution in [0.5, 0.6) is 0 Å². The maximum Gasteiger partial charge on any atom is 0.472 e. The van der Waals surface area contributed by atoms with E-state index in [1.807, 2.05) is 12.2 Å². The van der Waals surface area contributed by atoms with Crippen LogP contribution in [0.15, 0.2) is 85.1 Å².